The van der Waals surface area contributed by atoms with Gasteiger partial charge in [0.1, 0.15) is 11.5 Å². The molecule has 0 fully saturated rings. The number of carbonyl (C=O) groups is 1. The van der Waals surface area contributed by atoms with Crippen molar-refractivity contribution >= 4 is 17.2 Å². The maximum Gasteiger partial charge on any atom is 0.293 e. The number of nitro benzene ring substituents is 1. The van der Waals surface area contributed by atoms with Crippen molar-refractivity contribution in [3.8, 4) is 0 Å². The molecule has 0 radical (unpaired) electrons. The van der Waals surface area contributed by atoms with Crippen molar-refractivity contribution < 1.29 is 19.2 Å². The molecule has 0 aromatic heterocycles. The molecule has 7 heteroatoms. The summed E-state index contributed by atoms with van der Waals surface area (Å²) in [5.74, 6) is -0.839. The summed E-state index contributed by atoms with van der Waals surface area (Å²) in [4.78, 5) is 21.8. The summed E-state index contributed by atoms with van der Waals surface area (Å²) in [5.41, 5.74) is 0.189. The molecule has 1 atom stereocenters. The van der Waals surface area contributed by atoms with Crippen molar-refractivity contribution in [3.63, 3.8) is 0 Å². The highest BCUT2D eigenvalue weighted by Gasteiger charge is 2.18. The molecule has 0 bridgehead atoms. The normalized spacial score (nSPS) is 11.8. The van der Waals surface area contributed by atoms with Gasteiger partial charge in [0.25, 0.3) is 5.69 Å². The largest absolute Gasteiger partial charge is 0.386 e. The van der Waals surface area contributed by atoms with Crippen molar-refractivity contribution in [1.29, 1.82) is 0 Å². The smallest absolute Gasteiger partial charge is 0.293 e. The van der Waals surface area contributed by atoms with Crippen LogP contribution in [0.5, 0.6) is 0 Å². The van der Waals surface area contributed by atoms with Crippen molar-refractivity contribution in [2.75, 3.05) is 11.9 Å². The Kier molecular flexibility index (Phi) is 5.02. The molecule has 0 aliphatic rings. The van der Waals surface area contributed by atoms with Gasteiger partial charge in [0.15, 0.2) is 5.78 Å². The molecular formula is C16H15FN2O4. The first-order valence-electron chi connectivity index (χ1n) is 6.86. The summed E-state index contributed by atoms with van der Waals surface area (Å²) < 4.78 is 13.6. The van der Waals surface area contributed by atoms with Crippen LogP contribution in [0.3, 0.4) is 0 Å². The number of anilines is 1. The average Bonchev–Trinajstić information content (AvgIpc) is 2.52. The third kappa shape index (κ3) is 3.89. The first kappa shape index (κ1) is 16.6. The molecule has 0 spiro atoms. The van der Waals surface area contributed by atoms with Crippen LogP contribution in [-0.4, -0.2) is 22.4 Å². The van der Waals surface area contributed by atoms with E-state index in [-0.39, 0.29) is 34.8 Å². The lowest BCUT2D eigenvalue weighted by molar-refractivity contribution is -0.384. The Labute approximate surface area is 131 Å². The summed E-state index contributed by atoms with van der Waals surface area (Å²) in [6, 6.07) is 9.77. The molecule has 0 heterocycles. The van der Waals surface area contributed by atoms with Crippen LogP contribution >= 0.6 is 0 Å². The van der Waals surface area contributed by atoms with Gasteiger partial charge in [-0.25, -0.2) is 4.39 Å². The number of halogens is 1. The van der Waals surface area contributed by atoms with Crippen LogP contribution in [0.25, 0.3) is 0 Å². The number of aliphatic hydroxyl groups is 1. The minimum Gasteiger partial charge on any atom is -0.386 e. The lowest BCUT2D eigenvalue weighted by atomic mass is 10.1. The van der Waals surface area contributed by atoms with Gasteiger partial charge in [0.2, 0.25) is 0 Å². The molecule has 120 valence electrons. The van der Waals surface area contributed by atoms with Crippen molar-refractivity contribution in [2.45, 2.75) is 13.0 Å². The molecule has 1 unspecified atom stereocenters. The van der Waals surface area contributed by atoms with Crippen LogP contribution in [0.15, 0.2) is 42.5 Å². The monoisotopic (exact) mass is 318 g/mol. The minimum absolute atomic E-state index is 0.100. The minimum atomic E-state index is -1.16. The van der Waals surface area contributed by atoms with Crippen LogP contribution in [0.4, 0.5) is 15.8 Å². The Hall–Kier alpha value is -2.80. The van der Waals surface area contributed by atoms with Crippen LogP contribution in [0, 0.1) is 15.9 Å². The number of nitro groups is 1. The molecule has 0 amide bonds. The molecule has 2 aromatic rings. The van der Waals surface area contributed by atoms with Gasteiger partial charge >= 0.3 is 0 Å². The molecule has 2 N–H and O–H groups in total. The van der Waals surface area contributed by atoms with Gasteiger partial charge in [-0.05, 0) is 25.1 Å². The van der Waals surface area contributed by atoms with Gasteiger partial charge in [0, 0.05) is 23.7 Å². The molecule has 0 saturated carbocycles. The third-order valence-electron chi connectivity index (χ3n) is 3.35. The van der Waals surface area contributed by atoms with E-state index in [0.717, 1.165) is 0 Å². The number of nitrogens with zero attached hydrogens (tertiary/aromatic N) is 1. The Morgan fingerprint density at radius 1 is 1.35 bits per heavy atom. The van der Waals surface area contributed by atoms with Crippen LogP contribution < -0.4 is 5.32 Å². The van der Waals surface area contributed by atoms with Crippen molar-refractivity contribution in [3.05, 3.63) is 69.5 Å². The molecule has 0 aliphatic heterocycles. The average molecular weight is 318 g/mol. The number of ketones is 1. The maximum atomic E-state index is 13.6. The Morgan fingerprint density at radius 3 is 2.65 bits per heavy atom. The van der Waals surface area contributed by atoms with Gasteiger partial charge < -0.3 is 10.4 Å². The van der Waals surface area contributed by atoms with E-state index >= 15 is 0 Å². The van der Waals surface area contributed by atoms with Gasteiger partial charge in [-0.2, -0.15) is 0 Å². The topological polar surface area (TPSA) is 92.5 Å². The highest BCUT2D eigenvalue weighted by atomic mass is 19.1. The molecule has 23 heavy (non-hydrogen) atoms. The van der Waals surface area contributed by atoms with Crippen molar-refractivity contribution in [1.82, 2.24) is 0 Å². The van der Waals surface area contributed by atoms with Gasteiger partial charge in [-0.3, -0.25) is 14.9 Å². The number of Topliss-reactive ketones (excluding diaryl/α,β-unsaturated/α-hetero) is 1. The van der Waals surface area contributed by atoms with Gasteiger partial charge in [-0.1, -0.05) is 18.2 Å². The lowest BCUT2D eigenvalue weighted by Gasteiger charge is -2.14. The van der Waals surface area contributed by atoms with E-state index in [9.17, 15) is 24.4 Å². The number of hydrogen-bond acceptors (Lipinski definition) is 5. The Morgan fingerprint density at radius 2 is 2.04 bits per heavy atom. The second-order valence-electron chi connectivity index (χ2n) is 4.96. The molecular weight excluding hydrogens is 303 g/mol. The first-order valence-corrected chi connectivity index (χ1v) is 6.86. The van der Waals surface area contributed by atoms with Crippen molar-refractivity contribution in [2.24, 2.45) is 0 Å². The van der Waals surface area contributed by atoms with Crippen LogP contribution in [-0.2, 0) is 0 Å². The quantitative estimate of drug-likeness (QED) is 0.485. The Bertz CT molecular complexity index is 749. The Balaban J connectivity index is 2.18. The standard InChI is InChI=1S/C16H15FN2O4/c1-10(20)11-6-7-14(15(8-11)19(22)23)18-9-16(21)12-4-2-3-5-13(12)17/h2-8,16,18,21H,9H2,1H3. The van der Waals surface area contributed by atoms with Crippen LogP contribution in [0.2, 0.25) is 0 Å². The summed E-state index contributed by atoms with van der Waals surface area (Å²) in [6.45, 7) is 1.20. The van der Waals surface area contributed by atoms with Gasteiger partial charge in [-0.15, -0.1) is 0 Å². The highest BCUT2D eigenvalue weighted by molar-refractivity contribution is 5.95. The zero-order chi connectivity index (χ0) is 17.0. The van der Waals surface area contributed by atoms with Crippen LogP contribution in [0.1, 0.15) is 28.9 Å². The number of nitrogens with one attached hydrogen (secondary N) is 1. The molecule has 6 nitrogen and oxygen atoms in total. The fourth-order valence-corrected chi connectivity index (χ4v) is 2.11. The predicted octanol–water partition coefficient (Wildman–Crippen LogP) is 3.08. The maximum absolute atomic E-state index is 13.6. The van der Waals surface area contributed by atoms with E-state index < -0.39 is 16.8 Å². The summed E-state index contributed by atoms with van der Waals surface area (Å²) >= 11 is 0. The zero-order valence-electron chi connectivity index (χ0n) is 12.3. The van der Waals surface area contributed by atoms with E-state index in [1.165, 1.54) is 43.3 Å². The van der Waals surface area contributed by atoms with E-state index in [1.807, 2.05) is 0 Å². The number of rotatable bonds is 6. The second-order valence-corrected chi connectivity index (χ2v) is 4.96. The molecule has 0 aliphatic carbocycles. The highest BCUT2D eigenvalue weighted by Crippen LogP contribution is 2.27. The summed E-state index contributed by atoms with van der Waals surface area (Å²) in [6.07, 6.45) is -1.16. The van der Waals surface area contributed by atoms with E-state index in [2.05, 4.69) is 5.32 Å². The number of carbonyl (C=O) groups excluding carboxylic acids is 1. The van der Waals surface area contributed by atoms with E-state index in [0.29, 0.717) is 0 Å². The first-order chi connectivity index (χ1) is 10.9. The summed E-state index contributed by atoms with van der Waals surface area (Å²) in [7, 11) is 0. The fourth-order valence-electron chi connectivity index (χ4n) is 2.11. The molecule has 2 aromatic carbocycles. The molecule has 2 rings (SSSR count). The number of aliphatic hydroxyl groups excluding tert-OH is 1. The second kappa shape index (κ2) is 6.97. The number of hydrogen-bond donors (Lipinski definition) is 2. The fraction of sp³-hybridized carbons (Fsp3) is 0.188. The number of benzene rings is 2. The van der Waals surface area contributed by atoms with E-state index in [1.54, 1.807) is 6.07 Å². The van der Waals surface area contributed by atoms with Gasteiger partial charge in [0.05, 0.1) is 11.0 Å². The lowest BCUT2D eigenvalue weighted by Crippen LogP contribution is -2.14. The third-order valence-corrected chi connectivity index (χ3v) is 3.35. The zero-order valence-corrected chi connectivity index (χ0v) is 12.3. The summed E-state index contributed by atoms with van der Waals surface area (Å²) in [5, 5.41) is 23.8. The SMILES string of the molecule is CC(=O)c1ccc(NCC(O)c2ccccc2F)c([N+](=O)[O-])c1. The predicted molar refractivity (Wildman–Crippen MR) is 83.0 cm³/mol. The molecule has 0 saturated heterocycles. The van der Waals surface area contributed by atoms with E-state index in [4.69, 9.17) is 0 Å².